The SMILES string of the molecule is Cc1cc(NC2=C(C(N)=NCC3CCCCC3)C(=O)CC2)c2ccccc2n1. The molecule has 2 aromatic rings. The zero-order chi connectivity index (χ0) is 19.5. The number of hydrogen-bond donors (Lipinski definition) is 2. The average molecular weight is 377 g/mol. The number of aliphatic imine (C=N–C) groups is 1. The number of fused-ring (bicyclic) bond motifs is 1. The summed E-state index contributed by atoms with van der Waals surface area (Å²) in [7, 11) is 0. The molecule has 0 amide bonds. The van der Waals surface area contributed by atoms with E-state index in [-0.39, 0.29) is 5.78 Å². The van der Waals surface area contributed by atoms with Gasteiger partial charge in [0.25, 0.3) is 0 Å². The predicted molar refractivity (Wildman–Crippen MR) is 114 cm³/mol. The number of pyridine rings is 1. The molecule has 1 aromatic heterocycles. The van der Waals surface area contributed by atoms with Gasteiger partial charge in [-0.3, -0.25) is 14.8 Å². The summed E-state index contributed by atoms with van der Waals surface area (Å²) >= 11 is 0. The Balaban J connectivity index is 1.62. The molecular formula is C23H28N4O. The Labute approximate surface area is 166 Å². The number of carbonyl (C=O) groups is 1. The van der Waals surface area contributed by atoms with Gasteiger partial charge >= 0.3 is 0 Å². The van der Waals surface area contributed by atoms with Gasteiger partial charge in [-0.2, -0.15) is 0 Å². The molecule has 2 aliphatic carbocycles. The van der Waals surface area contributed by atoms with E-state index >= 15 is 0 Å². The van der Waals surface area contributed by atoms with Crippen LogP contribution >= 0.6 is 0 Å². The van der Waals surface area contributed by atoms with Crippen molar-refractivity contribution >= 4 is 28.2 Å². The van der Waals surface area contributed by atoms with Crippen molar-refractivity contribution < 1.29 is 4.79 Å². The Bertz CT molecular complexity index is 954. The number of nitrogens with zero attached hydrogens (tertiary/aromatic N) is 2. The molecule has 3 N–H and O–H groups in total. The number of nitrogens with one attached hydrogen (secondary N) is 1. The van der Waals surface area contributed by atoms with Gasteiger partial charge in [0.1, 0.15) is 5.84 Å². The molecule has 5 heteroatoms. The number of anilines is 1. The van der Waals surface area contributed by atoms with Crippen molar-refractivity contribution in [3.63, 3.8) is 0 Å². The maximum atomic E-state index is 12.5. The molecule has 0 unspecified atom stereocenters. The third-order valence-corrected chi connectivity index (χ3v) is 5.81. The first-order valence-electron chi connectivity index (χ1n) is 10.3. The van der Waals surface area contributed by atoms with E-state index in [0.717, 1.165) is 34.5 Å². The Morgan fingerprint density at radius 1 is 1.21 bits per heavy atom. The number of allylic oxidation sites excluding steroid dienone is 1. The first-order chi connectivity index (χ1) is 13.6. The van der Waals surface area contributed by atoms with Crippen molar-refractivity contribution in [2.75, 3.05) is 11.9 Å². The molecule has 1 saturated carbocycles. The second kappa shape index (κ2) is 8.13. The van der Waals surface area contributed by atoms with Crippen LogP contribution in [0, 0.1) is 12.8 Å². The van der Waals surface area contributed by atoms with E-state index in [4.69, 9.17) is 5.73 Å². The van der Waals surface area contributed by atoms with Crippen molar-refractivity contribution in [1.82, 2.24) is 4.98 Å². The molecule has 4 rings (SSSR count). The van der Waals surface area contributed by atoms with Crippen LogP contribution in [-0.4, -0.2) is 23.1 Å². The lowest BCUT2D eigenvalue weighted by Gasteiger charge is -2.19. The van der Waals surface area contributed by atoms with E-state index in [0.29, 0.717) is 30.2 Å². The molecule has 0 atom stereocenters. The highest BCUT2D eigenvalue weighted by molar-refractivity contribution is 6.23. The van der Waals surface area contributed by atoms with Crippen LogP contribution in [0.3, 0.4) is 0 Å². The van der Waals surface area contributed by atoms with Gasteiger partial charge in [-0.15, -0.1) is 0 Å². The zero-order valence-electron chi connectivity index (χ0n) is 16.5. The lowest BCUT2D eigenvalue weighted by molar-refractivity contribution is -0.114. The number of Topliss-reactive ketones (excluding diaryl/α,β-unsaturated/α-hetero) is 1. The Morgan fingerprint density at radius 3 is 2.82 bits per heavy atom. The Hall–Kier alpha value is -2.69. The summed E-state index contributed by atoms with van der Waals surface area (Å²) in [4.78, 5) is 21.7. The van der Waals surface area contributed by atoms with E-state index in [9.17, 15) is 4.79 Å². The highest BCUT2D eigenvalue weighted by Crippen LogP contribution is 2.30. The number of nitrogens with two attached hydrogens (primary N) is 1. The third-order valence-electron chi connectivity index (χ3n) is 5.81. The quantitative estimate of drug-likeness (QED) is 0.594. The number of aryl methyl sites for hydroxylation is 1. The van der Waals surface area contributed by atoms with Crippen LogP contribution in [0.4, 0.5) is 5.69 Å². The summed E-state index contributed by atoms with van der Waals surface area (Å²) in [5.74, 6) is 1.08. The van der Waals surface area contributed by atoms with E-state index in [1.165, 1.54) is 32.1 Å². The number of para-hydroxylation sites is 1. The second-order valence-corrected chi connectivity index (χ2v) is 7.96. The lowest BCUT2D eigenvalue weighted by atomic mass is 9.89. The number of carbonyl (C=O) groups excluding carboxylic acids is 1. The van der Waals surface area contributed by atoms with Crippen LogP contribution in [0.15, 0.2) is 46.6 Å². The van der Waals surface area contributed by atoms with Gasteiger partial charge in [-0.05, 0) is 44.2 Å². The normalized spacial score (nSPS) is 18.9. The molecule has 5 nitrogen and oxygen atoms in total. The summed E-state index contributed by atoms with van der Waals surface area (Å²) < 4.78 is 0. The first kappa shape index (κ1) is 18.7. The van der Waals surface area contributed by atoms with Gasteiger partial charge in [0.15, 0.2) is 5.78 Å². The monoisotopic (exact) mass is 376 g/mol. The number of rotatable bonds is 5. The average Bonchev–Trinajstić information content (AvgIpc) is 3.07. The largest absolute Gasteiger partial charge is 0.383 e. The number of benzene rings is 1. The Kier molecular flexibility index (Phi) is 5.42. The van der Waals surface area contributed by atoms with Crippen LogP contribution in [-0.2, 0) is 4.79 Å². The van der Waals surface area contributed by atoms with Crippen molar-refractivity contribution in [1.29, 1.82) is 0 Å². The predicted octanol–water partition coefficient (Wildman–Crippen LogP) is 4.51. The number of amidine groups is 1. The minimum Gasteiger partial charge on any atom is -0.383 e. The van der Waals surface area contributed by atoms with E-state index < -0.39 is 0 Å². The first-order valence-corrected chi connectivity index (χ1v) is 10.3. The molecule has 2 aliphatic rings. The van der Waals surface area contributed by atoms with E-state index in [1.807, 2.05) is 37.3 Å². The number of ketones is 1. The standard InChI is InChI=1S/C23H28N4O/c1-15-13-20(17-9-5-6-10-18(17)26-15)27-19-11-12-21(28)22(19)23(24)25-14-16-7-3-2-4-8-16/h5-6,9-10,13,16H,2-4,7-8,11-12,14H2,1H3,(H2,24,25)(H,26,27). The van der Waals surface area contributed by atoms with Gasteiger partial charge in [0.2, 0.25) is 0 Å². The fourth-order valence-electron chi connectivity index (χ4n) is 4.33. The fraction of sp³-hybridized carbons (Fsp3) is 0.435. The van der Waals surface area contributed by atoms with Crippen LogP contribution in [0.25, 0.3) is 10.9 Å². The van der Waals surface area contributed by atoms with Crippen molar-refractivity contribution in [3.05, 3.63) is 47.3 Å². The second-order valence-electron chi connectivity index (χ2n) is 7.96. The topological polar surface area (TPSA) is 80.4 Å². The summed E-state index contributed by atoms with van der Waals surface area (Å²) in [6.07, 6.45) is 7.48. The van der Waals surface area contributed by atoms with Gasteiger partial charge in [0, 0.05) is 35.4 Å². The molecule has 1 aromatic carbocycles. The van der Waals surface area contributed by atoms with E-state index in [1.54, 1.807) is 0 Å². The van der Waals surface area contributed by atoms with Crippen LogP contribution < -0.4 is 11.1 Å². The molecule has 0 radical (unpaired) electrons. The summed E-state index contributed by atoms with van der Waals surface area (Å²) in [5, 5.41) is 4.52. The van der Waals surface area contributed by atoms with Crippen LogP contribution in [0.2, 0.25) is 0 Å². The minimum atomic E-state index is 0.0856. The minimum absolute atomic E-state index is 0.0856. The number of aromatic nitrogens is 1. The van der Waals surface area contributed by atoms with E-state index in [2.05, 4.69) is 15.3 Å². The number of hydrogen-bond acceptors (Lipinski definition) is 4. The summed E-state index contributed by atoms with van der Waals surface area (Å²) in [5.41, 5.74) is 10.6. The van der Waals surface area contributed by atoms with Crippen molar-refractivity contribution in [3.8, 4) is 0 Å². The maximum absolute atomic E-state index is 12.5. The molecule has 146 valence electrons. The fourth-order valence-corrected chi connectivity index (χ4v) is 4.33. The summed E-state index contributed by atoms with van der Waals surface area (Å²) in [6, 6.07) is 10.0. The smallest absolute Gasteiger partial charge is 0.168 e. The zero-order valence-corrected chi connectivity index (χ0v) is 16.5. The molecule has 0 saturated heterocycles. The molecule has 0 bridgehead atoms. The van der Waals surface area contributed by atoms with Crippen LogP contribution in [0.5, 0.6) is 0 Å². The highest BCUT2D eigenvalue weighted by atomic mass is 16.1. The van der Waals surface area contributed by atoms with Gasteiger partial charge < -0.3 is 11.1 Å². The maximum Gasteiger partial charge on any atom is 0.168 e. The van der Waals surface area contributed by atoms with Gasteiger partial charge in [-0.1, -0.05) is 37.5 Å². The molecular weight excluding hydrogens is 348 g/mol. The molecule has 1 heterocycles. The summed E-state index contributed by atoms with van der Waals surface area (Å²) in [6.45, 7) is 2.71. The lowest BCUT2D eigenvalue weighted by Crippen LogP contribution is -2.23. The van der Waals surface area contributed by atoms with Gasteiger partial charge in [-0.25, -0.2) is 0 Å². The molecule has 28 heavy (non-hydrogen) atoms. The van der Waals surface area contributed by atoms with Crippen molar-refractivity contribution in [2.45, 2.75) is 51.9 Å². The third kappa shape index (κ3) is 3.93. The molecule has 1 fully saturated rings. The molecule has 0 aliphatic heterocycles. The van der Waals surface area contributed by atoms with Crippen molar-refractivity contribution in [2.24, 2.45) is 16.6 Å². The Morgan fingerprint density at radius 2 is 2.00 bits per heavy atom. The molecule has 0 spiro atoms. The van der Waals surface area contributed by atoms with Crippen LogP contribution in [0.1, 0.15) is 50.6 Å². The highest BCUT2D eigenvalue weighted by Gasteiger charge is 2.26. The van der Waals surface area contributed by atoms with Gasteiger partial charge in [0.05, 0.1) is 11.1 Å².